The van der Waals surface area contributed by atoms with E-state index in [0.717, 1.165) is 43.4 Å². The molecule has 1 aromatic carbocycles. The Bertz CT molecular complexity index is 995. The average Bonchev–Trinajstić information content (AvgIpc) is 3.02. The third-order valence-corrected chi connectivity index (χ3v) is 8.36. The van der Waals surface area contributed by atoms with Gasteiger partial charge in [-0.25, -0.2) is 0 Å². The summed E-state index contributed by atoms with van der Waals surface area (Å²) < 4.78 is 11.2. The fourth-order valence-corrected chi connectivity index (χ4v) is 5.64. The number of hydrogen-bond acceptors (Lipinski definition) is 7. The van der Waals surface area contributed by atoms with Gasteiger partial charge in [0.25, 0.3) is 0 Å². The molecule has 0 unspecified atom stereocenters. The van der Waals surface area contributed by atoms with Gasteiger partial charge in [-0.2, -0.15) is 0 Å². The molecule has 0 saturated heterocycles. The van der Waals surface area contributed by atoms with Crippen molar-refractivity contribution >= 4 is 29.6 Å². The highest BCUT2D eigenvalue weighted by atomic mass is 16.6. The molecule has 0 aliphatic heterocycles. The summed E-state index contributed by atoms with van der Waals surface area (Å²) >= 11 is 0. The Balaban J connectivity index is 2.63. The molecule has 0 aromatic heterocycles. The standard InChI is InChI=1S/C38H63NO8/c1-3-5-7-9-11-13-15-17-19-21-23-25-37(44)46-33-28-27-32(39(30-35(40)41)31-36(42)43)29-34(33)47-38(45)26-24-22-20-18-16-14-12-10-8-6-4-2/h27-29H,3-26,30-31H2,1-2H3,(H,40,41)(H,42,43). The topological polar surface area (TPSA) is 130 Å². The van der Waals surface area contributed by atoms with Gasteiger partial charge < -0.3 is 24.6 Å². The van der Waals surface area contributed by atoms with Crippen molar-refractivity contribution in [2.75, 3.05) is 18.0 Å². The number of unbranched alkanes of at least 4 members (excludes halogenated alkanes) is 20. The van der Waals surface area contributed by atoms with E-state index >= 15 is 0 Å². The zero-order valence-corrected chi connectivity index (χ0v) is 29.4. The van der Waals surface area contributed by atoms with Crippen molar-refractivity contribution in [2.45, 2.75) is 168 Å². The lowest BCUT2D eigenvalue weighted by atomic mass is 10.1. The van der Waals surface area contributed by atoms with Gasteiger partial charge in [0.2, 0.25) is 0 Å². The number of carbonyl (C=O) groups is 4. The molecule has 1 aromatic rings. The van der Waals surface area contributed by atoms with Crippen LogP contribution in [0.25, 0.3) is 0 Å². The fraction of sp³-hybridized carbons (Fsp3) is 0.737. The number of rotatable bonds is 31. The second-order valence-electron chi connectivity index (χ2n) is 12.8. The van der Waals surface area contributed by atoms with E-state index < -0.39 is 37.0 Å². The number of nitrogens with zero attached hydrogens (tertiary/aromatic N) is 1. The summed E-state index contributed by atoms with van der Waals surface area (Å²) in [6.45, 7) is 3.33. The highest BCUT2D eigenvalue weighted by Crippen LogP contribution is 2.33. The summed E-state index contributed by atoms with van der Waals surface area (Å²) in [5.74, 6) is -3.30. The van der Waals surface area contributed by atoms with E-state index in [1.54, 1.807) is 0 Å². The normalized spacial score (nSPS) is 10.9. The zero-order chi connectivity index (χ0) is 34.5. The molecule has 0 radical (unpaired) electrons. The molecule has 0 aliphatic rings. The summed E-state index contributed by atoms with van der Waals surface area (Å²) in [6.07, 6.45) is 26.0. The van der Waals surface area contributed by atoms with Gasteiger partial charge in [-0.3, -0.25) is 19.2 Å². The maximum absolute atomic E-state index is 12.8. The van der Waals surface area contributed by atoms with Crippen molar-refractivity contribution < 1.29 is 38.9 Å². The van der Waals surface area contributed by atoms with Crippen LogP contribution < -0.4 is 14.4 Å². The molecule has 0 saturated carbocycles. The Morgan fingerprint density at radius 2 is 0.851 bits per heavy atom. The lowest BCUT2D eigenvalue weighted by Gasteiger charge is -2.22. The molecule has 2 N–H and O–H groups in total. The van der Waals surface area contributed by atoms with Crippen molar-refractivity contribution in [1.82, 2.24) is 0 Å². The Hall–Kier alpha value is -3.10. The zero-order valence-electron chi connectivity index (χ0n) is 29.4. The maximum Gasteiger partial charge on any atom is 0.323 e. The summed E-state index contributed by atoms with van der Waals surface area (Å²) in [5, 5.41) is 18.6. The van der Waals surface area contributed by atoms with E-state index in [1.165, 1.54) is 108 Å². The molecule has 0 bridgehead atoms. The Labute approximate surface area is 283 Å². The molecule has 0 heterocycles. The lowest BCUT2D eigenvalue weighted by molar-refractivity contribution is -0.137. The first-order chi connectivity index (χ1) is 22.8. The van der Waals surface area contributed by atoms with Crippen molar-refractivity contribution in [3.8, 4) is 11.5 Å². The van der Waals surface area contributed by atoms with Crippen molar-refractivity contribution in [3.05, 3.63) is 18.2 Å². The number of benzene rings is 1. The average molecular weight is 662 g/mol. The summed E-state index contributed by atoms with van der Waals surface area (Å²) in [5.41, 5.74) is 0.234. The molecule has 9 nitrogen and oxygen atoms in total. The van der Waals surface area contributed by atoms with Crippen molar-refractivity contribution in [2.24, 2.45) is 0 Å². The largest absolute Gasteiger partial charge is 0.480 e. The third kappa shape index (κ3) is 23.0. The predicted molar refractivity (Wildman–Crippen MR) is 187 cm³/mol. The van der Waals surface area contributed by atoms with Gasteiger partial charge in [-0.05, 0) is 25.0 Å². The first-order valence-electron chi connectivity index (χ1n) is 18.5. The molecule has 0 atom stereocenters. The molecule has 47 heavy (non-hydrogen) atoms. The van der Waals surface area contributed by atoms with Crippen LogP contribution in [0.2, 0.25) is 0 Å². The second-order valence-corrected chi connectivity index (χ2v) is 12.8. The van der Waals surface area contributed by atoms with Crippen LogP contribution >= 0.6 is 0 Å². The Kier molecular flexibility index (Phi) is 24.9. The molecule has 268 valence electrons. The number of carbonyl (C=O) groups excluding carboxylic acids is 2. The van der Waals surface area contributed by atoms with Gasteiger partial charge in [0.05, 0.1) is 0 Å². The number of esters is 2. The van der Waals surface area contributed by atoms with Gasteiger partial charge in [-0.1, -0.05) is 142 Å². The molecular formula is C38H63NO8. The van der Waals surface area contributed by atoms with Gasteiger partial charge in [0, 0.05) is 24.6 Å². The highest BCUT2D eigenvalue weighted by molar-refractivity contribution is 5.81. The number of hydrogen-bond donors (Lipinski definition) is 2. The maximum atomic E-state index is 12.8. The van der Waals surface area contributed by atoms with Crippen LogP contribution in [0.1, 0.15) is 168 Å². The van der Waals surface area contributed by atoms with Crippen LogP contribution in [0.3, 0.4) is 0 Å². The minimum atomic E-state index is -1.20. The van der Waals surface area contributed by atoms with Crippen LogP contribution in [0.4, 0.5) is 5.69 Å². The van der Waals surface area contributed by atoms with Crippen LogP contribution in [0.15, 0.2) is 18.2 Å². The molecule has 1 rings (SSSR count). The monoisotopic (exact) mass is 661 g/mol. The van der Waals surface area contributed by atoms with E-state index in [-0.39, 0.29) is 30.0 Å². The number of ether oxygens (including phenoxy) is 2. The second kappa shape index (κ2) is 28.0. The van der Waals surface area contributed by atoms with E-state index in [4.69, 9.17) is 9.47 Å². The summed E-state index contributed by atoms with van der Waals surface area (Å²) in [4.78, 5) is 49.3. The number of aliphatic carboxylic acids is 2. The van der Waals surface area contributed by atoms with Crippen molar-refractivity contribution in [3.63, 3.8) is 0 Å². The van der Waals surface area contributed by atoms with Crippen LogP contribution in [-0.2, 0) is 19.2 Å². The number of carboxylic acids is 2. The first kappa shape index (κ1) is 41.9. The minimum absolute atomic E-state index is 0.0244. The molecule has 9 heteroatoms. The van der Waals surface area contributed by atoms with Crippen LogP contribution in [-0.4, -0.2) is 47.2 Å². The van der Waals surface area contributed by atoms with Gasteiger partial charge >= 0.3 is 23.9 Å². The fourth-order valence-electron chi connectivity index (χ4n) is 5.64. The molecule has 0 spiro atoms. The number of carboxylic acid groups (broad SMARTS) is 2. The van der Waals surface area contributed by atoms with E-state index in [0.29, 0.717) is 12.8 Å². The SMILES string of the molecule is CCCCCCCCCCCCCC(=O)Oc1ccc(N(CC(=O)O)CC(=O)O)cc1OC(=O)CCCCCCCCCCCCC. The predicted octanol–water partition coefficient (Wildman–Crippen LogP) is 9.88. The van der Waals surface area contributed by atoms with Gasteiger partial charge in [-0.15, -0.1) is 0 Å². The molecule has 0 amide bonds. The van der Waals surface area contributed by atoms with Crippen LogP contribution in [0.5, 0.6) is 11.5 Å². The van der Waals surface area contributed by atoms with Gasteiger partial charge in [0.15, 0.2) is 11.5 Å². The quantitative estimate of drug-likeness (QED) is 0.0453. The summed E-state index contributed by atoms with van der Waals surface area (Å²) in [7, 11) is 0. The lowest BCUT2D eigenvalue weighted by Crippen LogP contribution is -2.34. The third-order valence-electron chi connectivity index (χ3n) is 8.36. The number of anilines is 1. The molecule has 0 aliphatic carbocycles. The van der Waals surface area contributed by atoms with E-state index in [1.807, 2.05) is 0 Å². The Morgan fingerprint density at radius 1 is 0.511 bits per heavy atom. The molecular weight excluding hydrogens is 598 g/mol. The van der Waals surface area contributed by atoms with Crippen molar-refractivity contribution in [1.29, 1.82) is 0 Å². The van der Waals surface area contributed by atoms with E-state index in [2.05, 4.69) is 13.8 Å². The molecule has 0 fully saturated rings. The van der Waals surface area contributed by atoms with Gasteiger partial charge in [0.1, 0.15) is 13.1 Å². The smallest absolute Gasteiger partial charge is 0.323 e. The first-order valence-corrected chi connectivity index (χ1v) is 18.5. The minimum Gasteiger partial charge on any atom is -0.480 e. The Morgan fingerprint density at radius 3 is 1.21 bits per heavy atom. The summed E-state index contributed by atoms with van der Waals surface area (Å²) in [6, 6.07) is 4.27. The highest BCUT2D eigenvalue weighted by Gasteiger charge is 2.20. The van der Waals surface area contributed by atoms with Crippen LogP contribution in [0, 0.1) is 0 Å². The van der Waals surface area contributed by atoms with E-state index in [9.17, 15) is 29.4 Å².